The van der Waals surface area contributed by atoms with E-state index in [0.717, 1.165) is 37.4 Å². The van der Waals surface area contributed by atoms with E-state index in [9.17, 15) is 19.7 Å². The average molecular weight is 380 g/mol. The number of carbonyl (C=O) groups is 2. The summed E-state index contributed by atoms with van der Waals surface area (Å²) in [5.74, 6) is -0.955. The van der Waals surface area contributed by atoms with Crippen molar-refractivity contribution >= 4 is 29.3 Å². The number of nitro benzene ring substituents is 1. The van der Waals surface area contributed by atoms with E-state index in [1.54, 1.807) is 25.1 Å². The second-order valence-electron chi connectivity index (χ2n) is 6.34. The van der Waals surface area contributed by atoms with E-state index in [0.29, 0.717) is 4.90 Å². The highest BCUT2D eigenvalue weighted by molar-refractivity contribution is 8.00. The Morgan fingerprint density at radius 1 is 1.27 bits per heavy atom. The first-order chi connectivity index (χ1) is 12.5. The van der Waals surface area contributed by atoms with Crippen LogP contribution in [0.2, 0.25) is 0 Å². The number of benzene rings is 1. The van der Waals surface area contributed by atoms with E-state index in [4.69, 9.17) is 4.74 Å². The van der Waals surface area contributed by atoms with E-state index < -0.39 is 17.0 Å². The molecule has 0 heterocycles. The quantitative estimate of drug-likeness (QED) is 0.256. The third-order valence-corrected chi connectivity index (χ3v) is 5.32. The monoisotopic (exact) mass is 380 g/mol. The van der Waals surface area contributed by atoms with Gasteiger partial charge in [-0.15, -0.1) is 11.8 Å². The predicted molar refractivity (Wildman–Crippen MR) is 99.0 cm³/mol. The zero-order valence-electron chi connectivity index (χ0n) is 14.8. The zero-order chi connectivity index (χ0) is 18.9. The Kier molecular flexibility index (Phi) is 7.90. The van der Waals surface area contributed by atoms with Gasteiger partial charge in [-0.05, 0) is 25.8 Å². The first-order valence-electron chi connectivity index (χ1n) is 8.83. The normalized spacial score (nSPS) is 16.3. The molecule has 26 heavy (non-hydrogen) atoms. The van der Waals surface area contributed by atoms with Crippen molar-refractivity contribution < 1.29 is 19.2 Å². The van der Waals surface area contributed by atoms with E-state index in [-0.39, 0.29) is 23.4 Å². The number of nitrogens with zero attached hydrogens (tertiary/aromatic N) is 1. The minimum atomic E-state index is -0.878. The van der Waals surface area contributed by atoms with Crippen molar-refractivity contribution in [2.75, 3.05) is 5.75 Å². The topological polar surface area (TPSA) is 98.5 Å². The fourth-order valence-electron chi connectivity index (χ4n) is 2.89. The van der Waals surface area contributed by atoms with Gasteiger partial charge in [-0.1, -0.05) is 37.8 Å². The van der Waals surface area contributed by atoms with Gasteiger partial charge in [0.25, 0.3) is 11.6 Å². The molecule has 0 aliphatic heterocycles. The lowest BCUT2D eigenvalue weighted by atomic mass is 10.1. The molecule has 1 fully saturated rings. The Hall–Kier alpha value is -2.09. The summed E-state index contributed by atoms with van der Waals surface area (Å²) < 4.78 is 5.17. The van der Waals surface area contributed by atoms with E-state index in [1.807, 2.05) is 0 Å². The zero-order valence-corrected chi connectivity index (χ0v) is 15.6. The maximum absolute atomic E-state index is 12.2. The molecule has 0 unspecified atom stereocenters. The molecule has 1 aromatic rings. The molecular weight excluding hydrogens is 356 g/mol. The number of hydrogen-bond donors (Lipinski definition) is 1. The Bertz CT molecular complexity index is 644. The molecule has 1 aliphatic carbocycles. The summed E-state index contributed by atoms with van der Waals surface area (Å²) in [7, 11) is 0. The molecule has 1 aliphatic rings. The lowest BCUT2D eigenvalue weighted by molar-refractivity contribution is -0.387. The highest BCUT2D eigenvalue weighted by atomic mass is 32.2. The molecule has 1 atom stereocenters. The van der Waals surface area contributed by atoms with Crippen LogP contribution >= 0.6 is 11.8 Å². The van der Waals surface area contributed by atoms with Crippen LogP contribution in [0.4, 0.5) is 5.69 Å². The van der Waals surface area contributed by atoms with Crippen molar-refractivity contribution in [3.05, 3.63) is 34.4 Å². The smallest absolute Gasteiger partial charge is 0.317 e. The van der Waals surface area contributed by atoms with E-state index in [2.05, 4.69) is 5.32 Å². The van der Waals surface area contributed by atoms with Crippen LogP contribution in [0.25, 0.3) is 0 Å². The fraction of sp³-hybridized carbons (Fsp3) is 0.556. The Morgan fingerprint density at radius 3 is 2.58 bits per heavy atom. The maximum atomic E-state index is 12.2. The van der Waals surface area contributed by atoms with Gasteiger partial charge < -0.3 is 10.1 Å². The van der Waals surface area contributed by atoms with Crippen LogP contribution in [-0.2, 0) is 14.3 Å². The molecular formula is C18H24N2O5S. The summed E-state index contributed by atoms with van der Waals surface area (Å²) in [6, 6.07) is 6.35. The second-order valence-corrected chi connectivity index (χ2v) is 7.36. The van der Waals surface area contributed by atoms with Crippen molar-refractivity contribution in [1.82, 2.24) is 5.32 Å². The van der Waals surface area contributed by atoms with E-state index >= 15 is 0 Å². The Labute approximate surface area is 157 Å². The molecule has 0 radical (unpaired) electrons. The first-order valence-corrected chi connectivity index (χ1v) is 9.82. The Balaban J connectivity index is 1.79. The van der Waals surface area contributed by atoms with Crippen LogP contribution in [0.3, 0.4) is 0 Å². The predicted octanol–water partition coefficient (Wildman–Crippen LogP) is 3.46. The number of hydrogen-bond acceptors (Lipinski definition) is 6. The van der Waals surface area contributed by atoms with Gasteiger partial charge in [0, 0.05) is 12.1 Å². The van der Waals surface area contributed by atoms with Crippen LogP contribution in [0.15, 0.2) is 29.2 Å². The van der Waals surface area contributed by atoms with Gasteiger partial charge in [-0.2, -0.15) is 0 Å². The summed E-state index contributed by atoms with van der Waals surface area (Å²) in [6.07, 6.45) is 5.63. The van der Waals surface area contributed by atoms with Gasteiger partial charge >= 0.3 is 5.97 Å². The molecule has 0 aromatic heterocycles. The summed E-state index contributed by atoms with van der Waals surface area (Å²) in [5.41, 5.74) is -0.0514. The van der Waals surface area contributed by atoms with Crippen molar-refractivity contribution in [1.29, 1.82) is 0 Å². The summed E-state index contributed by atoms with van der Waals surface area (Å²) in [5, 5.41) is 13.9. The molecule has 2 rings (SSSR count). The highest BCUT2D eigenvalue weighted by Gasteiger charge is 2.22. The number of nitrogens with one attached hydrogen (secondary N) is 1. The molecule has 8 heteroatoms. The molecule has 1 saturated carbocycles. The van der Waals surface area contributed by atoms with Gasteiger partial charge in [0.2, 0.25) is 0 Å². The first kappa shape index (κ1) is 20.2. The van der Waals surface area contributed by atoms with Gasteiger partial charge in [0.05, 0.1) is 15.6 Å². The molecule has 1 amide bonds. The SMILES string of the molecule is C[C@@H](OC(=O)CSc1ccccc1[N+](=O)[O-])C(=O)NC1CCCCCC1. The minimum Gasteiger partial charge on any atom is -0.452 e. The number of carbonyl (C=O) groups excluding carboxylic acids is 2. The largest absolute Gasteiger partial charge is 0.452 e. The molecule has 0 saturated heterocycles. The van der Waals surface area contributed by atoms with Crippen LogP contribution in [-0.4, -0.2) is 34.7 Å². The molecule has 0 spiro atoms. The number of thioether (sulfide) groups is 1. The molecule has 0 bridgehead atoms. The number of nitro groups is 1. The highest BCUT2D eigenvalue weighted by Crippen LogP contribution is 2.28. The van der Waals surface area contributed by atoms with E-state index in [1.165, 1.54) is 18.9 Å². The van der Waals surface area contributed by atoms with Crippen molar-refractivity contribution in [3.8, 4) is 0 Å². The van der Waals surface area contributed by atoms with Crippen LogP contribution in [0, 0.1) is 10.1 Å². The fourth-order valence-corrected chi connectivity index (χ4v) is 3.70. The third kappa shape index (κ3) is 6.33. The lowest BCUT2D eigenvalue weighted by Gasteiger charge is -2.19. The summed E-state index contributed by atoms with van der Waals surface area (Å²) >= 11 is 1.03. The van der Waals surface area contributed by atoms with Crippen LogP contribution in [0.5, 0.6) is 0 Å². The number of amides is 1. The summed E-state index contributed by atoms with van der Waals surface area (Å²) in [4.78, 5) is 35.0. The van der Waals surface area contributed by atoms with Crippen molar-refractivity contribution in [2.24, 2.45) is 0 Å². The second kappa shape index (κ2) is 10.2. The third-order valence-electron chi connectivity index (χ3n) is 4.29. The lowest BCUT2D eigenvalue weighted by Crippen LogP contribution is -2.42. The minimum absolute atomic E-state index is 0.0514. The van der Waals surface area contributed by atoms with Gasteiger partial charge in [-0.3, -0.25) is 19.7 Å². The van der Waals surface area contributed by atoms with Crippen molar-refractivity contribution in [2.45, 2.75) is 62.5 Å². The molecule has 1 N–H and O–H groups in total. The van der Waals surface area contributed by atoms with Crippen LogP contribution in [0.1, 0.15) is 45.4 Å². The van der Waals surface area contributed by atoms with Gasteiger partial charge in [-0.25, -0.2) is 0 Å². The molecule has 142 valence electrons. The number of ether oxygens (including phenoxy) is 1. The maximum Gasteiger partial charge on any atom is 0.317 e. The number of esters is 1. The van der Waals surface area contributed by atoms with Crippen LogP contribution < -0.4 is 5.32 Å². The number of para-hydroxylation sites is 1. The molecule has 7 nitrogen and oxygen atoms in total. The standard InChI is InChI=1S/C18H24N2O5S/c1-13(18(22)19-14-8-4-2-3-5-9-14)25-17(21)12-26-16-11-7-6-10-15(16)20(23)24/h6-7,10-11,13-14H,2-5,8-9,12H2,1H3,(H,19,22)/t13-/m1/s1. The van der Waals surface area contributed by atoms with Gasteiger partial charge in [0.1, 0.15) is 0 Å². The van der Waals surface area contributed by atoms with Gasteiger partial charge in [0.15, 0.2) is 6.10 Å². The van der Waals surface area contributed by atoms with Crippen molar-refractivity contribution in [3.63, 3.8) is 0 Å². The Morgan fingerprint density at radius 2 is 1.92 bits per heavy atom. The number of rotatable bonds is 7. The average Bonchev–Trinajstić information content (AvgIpc) is 2.88. The summed E-state index contributed by atoms with van der Waals surface area (Å²) in [6.45, 7) is 1.54. The molecule has 1 aromatic carbocycles.